The van der Waals surface area contributed by atoms with Crippen LogP contribution < -0.4 is 5.32 Å². The smallest absolute Gasteiger partial charge is 0.250 e. The first-order chi connectivity index (χ1) is 5.53. The van der Waals surface area contributed by atoms with Gasteiger partial charge in [0, 0.05) is 18.9 Å². The summed E-state index contributed by atoms with van der Waals surface area (Å²) in [7, 11) is 0. The van der Waals surface area contributed by atoms with E-state index in [1.165, 1.54) is 0 Å². The van der Waals surface area contributed by atoms with Crippen LogP contribution in [0.4, 0.5) is 8.78 Å². The lowest BCUT2D eigenvalue weighted by Crippen LogP contribution is -2.34. The van der Waals surface area contributed by atoms with Gasteiger partial charge >= 0.3 is 0 Å². The van der Waals surface area contributed by atoms with Gasteiger partial charge in [0.2, 0.25) is 11.8 Å². The molecule has 0 heterocycles. The average Bonchev–Trinajstić information content (AvgIpc) is 2.30. The first-order valence-electron chi connectivity index (χ1n) is 3.77. The molecule has 0 aromatic heterocycles. The SMILES string of the molecule is O=C(CBr)NC1CCC(F)(F)C1. The van der Waals surface area contributed by atoms with Crippen LogP contribution in [-0.4, -0.2) is 23.2 Å². The molecule has 0 spiro atoms. The minimum Gasteiger partial charge on any atom is -0.352 e. The summed E-state index contributed by atoms with van der Waals surface area (Å²) < 4.78 is 25.2. The molecule has 70 valence electrons. The zero-order valence-electron chi connectivity index (χ0n) is 6.45. The van der Waals surface area contributed by atoms with Gasteiger partial charge in [0.1, 0.15) is 0 Å². The maximum Gasteiger partial charge on any atom is 0.250 e. The predicted molar refractivity (Wildman–Crippen MR) is 44.5 cm³/mol. The molecule has 1 fully saturated rings. The van der Waals surface area contributed by atoms with Crippen molar-refractivity contribution >= 4 is 21.8 Å². The van der Waals surface area contributed by atoms with Crippen molar-refractivity contribution in [3.05, 3.63) is 0 Å². The van der Waals surface area contributed by atoms with Crippen molar-refractivity contribution in [1.82, 2.24) is 5.32 Å². The second-order valence-electron chi connectivity index (χ2n) is 3.00. The van der Waals surface area contributed by atoms with Gasteiger partial charge in [-0.05, 0) is 6.42 Å². The Hall–Kier alpha value is -0.190. The van der Waals surface area contributed by atoms with Gasteiger partial charge in [-0.1, -0.05) is 15.9 Å². The van der Waals surface area contributed by atoms with Crippen molar-refractivity contribution in [3.8, 4) is 0 Å². The lowest BCUT2D eigenvalue weighted by Gasteiger charge is -2.11. The monoisotopic (exact) mass is 241 g/mol. The van der Waals surface area contributed by atoms with Crippen LogP contribution in [-0.2, 0) is 4.79 Å². The van der Waals surface area contributed by atoms with Crippen LogP contribution in [0, 0.1) is 0 Å². The van der Waals surface area contributed by atoms with E-state index in [0.717, 1.165) is 0 Å². The number of hydrogen-bond donors (Lipinski definition) is 1. The Morgan fingerprint density at radius 2 is 2.33 bits per heavy atom. The van der Waals surface area contributed by atoms with Gasteiger partial charge in [0.05, 0.1) is 5.33 Å². The number of carbonyl (C=O) groups is 1. The molecule has 0 aliphatic heterocycles. The molecular formula is C7H10BrF2NO. The van der Waals surface area contributed by atoms with Gasteiger partial charge < -0.3 is 5.32 Å². The Morgan fingerprint density at radius 1 is 1.67 bits per heavy atom. The third kappa shape index (κ3) is 2.69. The van der Waals surface area contributed by atoms with Crippen LogP contribution in [0.2, 0.25) is 0 Å². The van der Waals surface area contributed by atoms with E-state index < -0.39 is 5.92 Å². The summed E-state index contributed by atoms with van der Waals surface area (Å²) in [6.45, 7) is 0. The number of nitrogens with one attached hydrogen (secondary N) is 1. The highest BCUT2D eigenvalue weighted by Crippen LogP contribution is 2.34. The molecule has 1 aliphatic rings. The third-order valence-electron chi connectivity index (χ3n) is 1.89. The molecule has 2 nitrogen and oxygen atoms in total. The maximum absolute atomic E-state index is 12.6. The van der Waals surface area contributed by atoms with E-state index >= 15 is 0 Å². The zero-order valence-corrected chi connectivity index (χ0v) is 8.03. The van der Waals surface area contributed by atoms with E-state index in [-0.39, 0.29) is 30.1 Å². The summed E-state index contributed by atoms with van der Waals surface area (Å²) in [4.78, 5) is 10.8. The fourth-order valence-electron chi connectivity index (χ4n) is 1.34. The van der Waals surface area contributed by atoms with Crippen molar-refractivity contribution in [3.63, 3.8) is 0 Å². The van der Waals surface area contributed by atoms with Crippen LogP contribution in [0.3, 0.4) is 0 Å². The number of halogens is 3. The lowest BCUT2D eigenvalue weighted by molar-refractivity contribution is -0.119. The van der Waals surface area contributed by atoms with Crippen molar-refractivity contribution in [2.24, 2.45) is 0 Å². The van der Waals surface area contributed by atoms with E-state index in [1.54, 1.807) is 0 Å². The zero-order chi connectivity index (χ0) is 9.19. The van der Waals surface area contributed by atoms with E-state index in [1.807, 2.05) is 0 Å². The summed E-state index contributed by atoms with van der Waals surface area (Å²) in [5.74, 6) is -2.80. The number of carbonyl (C=O) groups excluding carboxylic acids is 1. The maximum atomic E-state index is 12.6. The van der Waals surface area contributed by atoms with Gasteiger partial charge in [-0.15, -0.1) is 0 Å². The normalized spacial score (nSPS) is 27.1. The van der Waals surface area contributed by atoms with E-state index in [4.69, 9.17) is 0 Å². The standard InChI is InChI=1S/C7H10BrF2NO/c8-4-6(12)11-5-1-2-7(9,10)3-5/h5H,1-4H2,(H,11,12). The molecular weight excluding hydrogens is 232 g/mol. The number of alkyl halides is 3. The second kappa shape index (κ2) is 3.68. The molecule has 1 unspecified atom stereocenters. The molecule has 0 aromatic carbocycles. The fourth-order valence-corrected chi connectivity index (χ4v) is 1.50. The Morgan fingerprint density at radius 3 is 2.75 bits per heavy atom. The highest BCUT2D eigenvalue weighted by atomic mass is 79.9. The largest absolute Gasteiger partial charge is 0.352 e. The highest BCUT2D eigenvalue weighted by Gasteiger charge is 2.39. The van der Waals surface area contributed by atoms with Crippen LogP contribution in [0.15, 0.2) is 0 Å². The number of amides is 1. The van der Waals surface area contributed by atoms with Crippen LogP contribution >= 0.6 is 15.9 Å². The van der Waals surface area contributed by atoms with Gasteiger partial charge in [0.25, 0.3) is 0 Å². The first-order valence-corrected chi connectivity index (χ1v) is 4.89. The van der Waals surface area contributed by atoms with E-state index in [2.05, 4.69) is 21.2 Å². The van der Waals surface area contributed by atoms with Gasteiger partial charge in [-0.25, -0.2) is 8.78 Å². The molecule has 1 aliphatic carbocycles. The summed E-state index contributed by atoms with van der Waals surface area (Å²) in [6, 6.07) is -0.343. The van der Waals surface area contributed by atoms with Gasteiger partial charge in [0.15, 0.2) is 0 Å². The van der Waals surface area contributed by atoms with Crippen LogP contribution in [0.5, 0.6) is 0 Å². The minimum absolute atomic E-state index is 0.111. The average molecular weight is 242 g/mol. The second-order valence-corrected chi connectivity index (χ2v) is 3.56. The predicted octanol–water partition coefficient (Wildman–Crippen LogP) is 1.69. The highest BCUT2D eigenvalue weighted by molar-refractivity contribution is 9.09. The Bertz CT molecular complexity index is 186. The Labute approximate surface area is 77.8 Å². The summed E-state index contributed by atoms with van der Waals surface area (Å²) in [5, 5.41) is 2.69. The van der Waals surface area contributed by atoms with Crippen molar-refractivity contribution < 1.29 is 13.6 Å². The molecule has 1 N–H and O–H groups in total. The molecule has 1 rings (SSSR count). The molecule has 5 heteroatoms. The summed E-state index contributed by atoms with van der Waals surface area (Å²) >= 11 is 2.95. The van der Waals surface area contributed by atoms with Gasteiger partial charge in [-0.3, -0.25) is 4.79 Å². The molecule has 0 radical (unpaired) electrons. The topological polar surface area (TPSA) is 29.1 Å². The molecule has 1 atom stereocenters. The molecule has 1 saturated carbocycles. The fraction of sp³-hybridized carbons (Fsp3) is 0.857. The van der Waals surface area contributed by atoms with Crippen molar-refractivity contribution in [2.75, 3.05) is 5.33 Å². The number of hydrogen-bond acceptors (Lipinski definition) is 1. The first kappa shape index (κ1) is 9.89. The third-order valence-corrected chi connectivity index (χ3v) is 2.40. The molecule has 12 heavy (non-hydrogen) atoms. The van der Waals surface area contributed by atoms with Gasteiger partial charge in [-0.2, -0.15) is 0 Å². The summed E-state index contributed by atoms with van der Waals surface area (Å²) in [6.07, 6.45) is 0.0533. The van der Waals surface area contributed by atoms with Crippen molar-refractivity contribution in [2.45, 2.75) is 31.2 Å². The van der Waals surface area contributed by atoms with E-state index in [9.17, 15) is 13.6 Å². The Kier molecular flexibility index (Phi) is 3.04. The minimum atomic E-state index is -2.58. The molecule has 0 bridgehead atoms. The quantitative estimate of drug-likeness (QED) is 0.733. The molecule has 0 saturated heterocycles. The lowest BCUT2D eigenvalue weighted by atomic mass is 10.2. The summed E-state index contributed by atoms with van der Waals surface area (Å²) in [5.41, 5.74) is 0. The van der Waals surface area contributed by atoms with Crippen molar-refractivity contribution in [1.29, 1.82) is 0 Å². The molecule has 1 amide bonds. The van der Waals surface area contributed by atoms with Crippen LogP contribution in [0.1, 0.15) is 19.3 Å². The van der Waals surface area contributed by atoms with Crippen LogP contribution in [0.25, 0.3) is 0 Å². The Balaban J connectivity index is 2.33. The van der Waals surface area contributed by atoms with E-state index in [0.29, 0.717) is 6.42 Å². The number of rotatable bonds is 2. The molecule has 0 aromatic rings.